The lowest BCUT2D eigenvalue weighted by Gasteiger charge is -2.14. The zero-order valence-electron chi connectivity index (χ0n) is 8.47. The van der Waals surface area contributed by atoms with E-state index in [1.165, 1.54) is 0 Å². The van der Waals surface area contributed by atoms with Crippen LogP contribution in [-0.2, 0) is 0 Å². The summed E-state index contributed by atoms with van der Waals surface area (Å²) < 4.78 is 5.76. The molecular formula is C10H14BrNO2. The molecule has 0 saturated heterocycles. The molecule has 1 atom stereocenters. The molecule has 4 heteroatoms. The summed E-state index contributed by atoms with van der Waals surface area (Å²) in [5, 5.41) is 12.8. The molecular weight excluding hydrogens is 246 g/mol. The Balaban J connectivity index is 3.20. The Morgan fingerprint density at radius 2 is 2.14 bits per heavy atom. The highest BCUT2D eigenvalue weighted by Crippen LogP contribution is 2.35. The van der Waals surface area contributed by atoms with Crippen molar-refractivity contribution in [2.45, 2.75) is 13.0 Å². The topological polar surface area (TPSA) is 41.5 Å². The summed E-state index contributed by atoms with van der Waals surface area (Å²) in [6, 6.07) is 3.64. The minimum absolute atomic E-state index is 0.0846. The molecule has 1 aromatic rings. The summed E-state index contributed by atoms with van der Waals surface area (Å²) in [6.45, 7) is 1.97. The number of halogens is 1. The minimum Gasteiger partial charge on any atom is -0.506 e. The van der Waals surface area contributed by atoms with E-state index in [1.807, 2.05) is 20.0 Å². The fourth-order valence-corrected chi connectivity index (χ4v) is 1.65. The fourth-order valence-electron chi connectivity index (χ4n) is 1.20. The van der Waals surface area contributed by atoms with E-state index in [-0.39, 0.29) is 11.8 Å². The lowest BCUT2D eigenvalue weighted by atomic mass is 10.1. The van der Waals surface area contributed by atoms with E-state index in [2.05, 4.69) is 21.2 Å². The van der Waals surface area contributed by atoms with Crippen molar-refractivity contribution in [2.24, 2.45) is 0 Å². The van der Waals surface area contributed by atoms with E-state index >= 15 is 0 Å². The molecule has 0 bridgehead atoms. The van der Waals surface area contributed by atoms with Crippen LogP contribution in [0, 0.1) is 0 Å². The van der Waals surface area contributed by atoms with Crippen LogP contribution in [0.3, 0.4) is 0 Å². The van der Waals surface area contributed by atoms with Crippen LogP contribution < -0.4 is 10.1 Å². The van der Waals surface area contributed by atoms with Crippen LogP contribution in [0.4, 0.5) is 0 Å². The number of aromatic hydroxyl groups is 1. The molecule has 0 amide bonds. The normalized spacial score (nSPS) is 12.6. The second-order valence-corrected chi connectivity index (χ2v) is 3.91. The first-order chi connectivity index (χ1) is 6.60. The molecule has 0 aliphatic carbocycles. The molecule has 0 saturated carbocycles. The largest absolute Gasteiger partial charge is 0.506 e. The molecule has 0 radical (unpaired) electrons. The molecule has 1 aromatic carbocycles. The number of ether oxygens (including phenoxy) is 1. The average Bonchev–Trinajstić information content (AvgIpc) is 2.20. The van der Waals surface area contributed by atoms with Gasteiger partial charge in [0.1, 0.15) is 11.5 Å². The van der Waals surface area contributed by atoms with Gasteiger partial charge in [-0.25, -0.2) is 0 Å². The van der Waals surface area contributed by atoms with Gasteiger partial charge in [0.05, 0.1) is 11.6 Å². The van der Waals surface area contributed by atoms with E-state index in [4.69, 9.17) is 4.74 Å². The number of hydrogen-bond acceptors (Lipinski definition) is 3. The summed E-state index contributed by atoms with van der Waals surface area (Å²) in [5.74, 6) is 0.986. The van der Waals surface area contributed by atoms with Crippen molar-refractivity contribution in [3.05, 3.63) is 22.2 Å². The molecule has 1 rings (SSSR count). The first kappa shape index (κ1) is 11.3. The van der Waals surface area contributed by atoms with Crippen molar-refractivity contribution in [2.75, 3.05) is 14.2 Å². The Morgan fingerprint density at radius 1 is 1.50 bits per heavy atom. The molecule has 0 fully saturated rings. The van der Waals surface area contributed by atoms with Gasteiger partial charge in [0.15, 0.2) is 0 Å². The zero-order chi connectivity index (χ0) is 10.7. The SMILES string of the molecule is CNC(C)c1cc(OC)cc(Br)c1O. The Kier molecular flexibility index (Phi) is 3.77. The van der Waals surface area contributed by atoms with Crippen molar-refractivity contribution in [1.82, 2.24) is 5.32 Å². The monoisotopic (exact) mass is 259 g/mol. The van der Waals surface area contributed by atoms with Crippen molar-refractivity contribution in [3.8, 4) is 11.5 Å². The van der Waals surface area contributed by atoms with E-state index in [0.717, 1.165) is 11.3 Å². The van der Waals surface area contributed by atoms with Crippen LogP contribution in [0.5, 0.6) is 11.5 Å². The van der Waals surface area contributed by atoms with Gasteiger partial charge in [0, 0.05) is 11.6 Å². The Bertz CT molecular complexity index is 328. The average molecular weight is 260 g/mol. The number of benzene rings is 1. The van der Waals surface area contributed by atoms with Gasteiger partial charge in [0.2, 0.25) is 0 Å². The minimum atomic E-state index is 0.0846. The van der Waals surface area contributed by atoms with E-state index in [0.29, 0.717) is 4.47 Å². The van der Waals surface area contributed by atoms with Crippen molar-refractivity contribution >= 4 is 15.9 Å². The third-order valence-electron chi connectivity index (χ3n) is 2.20. The molecule has 3 nitrogen and oxygen atoms in total. The Hall–Kier alpha value is -0.740. The summed E-state index contributed by atoms with van der Waals surface area (Å²) in [6.07, 6.45) is 0. The maximum atomic E-state index is 9.78. The van der Waals surface area contributed by atoms with Crippen molar-refractivity contribution < 1.29 is 9.84 Å². The van der Waals surface area contributed by atoms with Gasteiger partial charge in [-0.15, -0.1) is 0 Å². The van der Waals surface area contributed by atoms with Gasteiger partial charge >= 0.3 is 0 Å². The third-order valence-corrected chi connectivity index (χ3v) is 2.81. The number of rotatable bonds is 3. The third kappa shape index (κ3) is 2.19. The smallest absolute Gasteiger partial charge is 0.134 e. The number of methoxy groups -OCH3 is 1. The summed E-state index contributed by atoms with van der Waals surface area (Å²) in [4.78, 5) is 0. The highest BCUT2D eigenvalue weighted by atomic mass is 79.9. The van der Waals surface area contributed by atoms with Gasteiger partial charge in [-0.1, -0.05) is 0 Å². The molecule has 0 aliphatic heterocycles. The molecule has 1 unspecified atom stereocenters. The zero-order valence-corrected chi connectivity index (χ0v) is 10.1. The second-order valence-electron chi connectivity index (χ2n) is 3.06. The van der Waals surface area contributed by atoms with Gasteiger partial charge in [-0.05, 0) is 42.0 Å². The molecule has 14 heavy (non-hydrogen) atoms. The van der Waals surface area contributed by atoms with Crippen LogP contribution in [0.1, 0.15) is 18.5 Å². The quantitative estimate of drug-likeness (QED) is 0.877. The molecule has 0 spiro atoms. The number of phenols is 1. The molecule has 0 aromatic heterocycles. The van der Waals surface area contributed by atoms with Crippen LogP contribution in [-0.4, -0.2) is 19.3 Å². The van der Waals surface area contributed by atoms with E-state index in [9.17, 15) is 5.11 Å². The van der Waals surface area contributed by atoms with Gasteiger partial charge in [-0.3, -0.25) is 0 Å². The Morgan fingerprint density at radius 3 is 2.64 bits per heavy atom. The van der Waals surface area contributed by atoms with Gasteiger partial charge in [0.25, 0.3) is 0 Å². The summed E-state index contributed by atoms with van der Waals surface area (Å²) >= 11 is 3.28. The van der Waals surface area contributed by atoms with Crippen LogP contribution in [0.15, 0.2) is 16.6 Å². The summed E-state index contributed by atoms with van der Waals surface area (Å²) in [5.41, 5.74) is 0.818. The fraction of sp³-hybridized carbons (Fsp3) is 0.400. The maximum absolute atomic E-state index is 9.78. The van der Waals surface area contributed by atoms with E-state index < -0.39 is 0 Å². The van der Waals surface area contributed by atoms with Crippen LogP contribution in [0.25, 0.3) is 0 Å². The number of nitrogens with one attached hydrogen (secondary N) is 1. The number of phenolic OH excluding ortho intramolecular Hbond substituents is 1. The first-order valence-corrected chi connectivity index (χ1v) is 5.13. The predicted molar refractivity (Wildman–Crippen MR) is 59.8 cm³/mol. The van der Waals surface area contributed by atoms with Crippen molar-refractivity contribution in [3.63, 3.8) is 0 Å². The number of hydrogen-bond donors (Lipinski definition) is 2. The molecule has 0 aliphatic rings. The van der Waals surface area contributed by atoms with Crippen molar-refractivity contribution in [1.29, 1.82) is 0 Å². The maximum Gasteiger partial charge on any atom is 0.134 e. The second kappa shape index (κ2) is 4.66. The first-order valence-electron chi connectivity index (χ1n) is 4.33. The lowest BCUT2D eigenvalue weighted by Crippen LogP contribution is -2.12. The lowest BCUT2D eigenvalue weighted by molar-refractivity contribution is 0.407. The van der Waals surface area contributed by atoms with Gasteiger partial charge < -0.3 is 15.2 Å². The van der Waals surface area contributed by atoms with Crippen LogP contribution in [0.2, 0.25) is 0 Å². The van der Waals surface area contributed by atoms with Gasteiger partial charge in [-0.2, -0.15) is 0 Å². The Labute approximate surface area is 92.2 Å². The molecule has 78 valence electrons. The standard InChI is InChI=1S/C10H14BrNO2/c1-6(12-2)8-4-7(14-3)5-9(11)10(8)13/h4-6,12-13H,1-3H3. The molecule has 0 heterocycles. The summed E-state index contributed by atoms with van der Waals surface area (Å²) in [7, 11) is 3.45. The van der Waals surface area contributed by atoms with Crippen LogP contribution >= 0.6 is 15.9 Å². The highest BCUT2D eigenvalue weighted by Gasteiger charge is 2.13. The predicted octanol–water partition coefficient (Wildman–Crippen LogP) is 2.44. The highest BCUT2D eigenvalue weighted by molar-refractivity contribution is 9.10. The molecule has 2 N–H and O–H groups in total. The van der Waals surface area contributed by atoms with E-state index in [1.54, 1.807) is 13.2 Å².